The highest BCUT2D eigenvalue weighted by Gasteiger charge is 2.08. The van der Waals surface area contributed by atoms with Gasteiger partial charge >= 0.3 is 0 Å². The molecule has 2 rings (SSSR count). The van der Waals surface area contributed by atoms with Crippen LogP contribution in [0.2, 0.25) is 0 Å². The van der Waals surface area contributed by atoms with Crippen LogP contribution < -0.4 is 5.32 Å². The van der Waals surface area contributed by atoms with Gasteiger partial charge in [-0.3, -0.25) is 14.8 Å². The lowest BCUT2D eigenvalue weighted by Gasteiger charge is -2.09. The predicted octanol–water partition coefficient (Wildman–Crippen LogP) is 2.52. The summed E-state index contributed by atoms with van der Waals surface area (Å²) in [7, 11) is 0. The lowest BCUT2D eigenvalue weighted by Crippen LogP contribution is -2.11. The summed E-state index contributed by atoms with van der Waals surface area (Å²) in [6, 6.07) is 4.82. The Morgan fingerprint density at radius 1 is 1.42 bits per heavy atom. The second-order valence-electron chi connectivity index (χ2n) is 4.46. The van der Waals surface area contributed by atoms with Crippen LogP contribution in [0.4, 0.5) is 11.4 Å². The zero-order valence-corrected chi connectivity index (χ0v) is 11.0. The predicted molar refractivity (Wildman–Crippen MR) is 73.3 cm³/mol. The monoisotopic (exact) mass is 260 g/mol. The van der Waals surface area contributed by atoms with Crippen molar-refractivity contribution in [3.8, 4) is 0 Å². The minimum absolute atomic E-state index is 0.100. The van der Waals surface area contributed by atoms with Crippen molar-refractivity contribution >= 4 is 11.4 Å². The highest BCUT2D eigenvalue weighted by atomic mass is 16.6. The minimum atomic E-state index is -0.387. The Balaban J connectivity index is 1.99. The number of nitrogens with zero attached hydrogens (tertiary/aromatic N) is 3. The van der Waals surface area contributed by atoms with Crippen molar-refractivity contribution < 1.29 is 4.92 Å². The van der Waals surface area contributed by atoms with Crippen LogP contribution in [0.5, 0.6) is 0 Å². The van der Waals surface area contributed by atoms with Gasteiger partial charge in [-0.1, -0.05) is 6.07 Å². The van der Waals surface area contributed by atoms with Crippen LogP contribution in [0.25, 0.3) is 0 Å². The average Bonchev–Trinajstić information content (AvgIpc) is 2.77. The van der Waals surface area contributed by atoms with Crippen LogP contribution in [0.1, 0.15) is 11.1 Å². The molecule has 2 aromatic rings. The average molecular weight is 260 g/mol. The van der Waals surface area contributed by atoms with Crippen molar-refractivity contribution in [1.29, 1.82) is 0 Å². The molecule has 100 valence electrons. The van der Waals surface area contributed by atoms with Crippen LogP contribution >= 0.6 is 0 Å². The molecule has 0 bridgehead atoms. The largest absolute Gasteiger partial charge is 0.383 e. The van der Waals surface area contributed by atoms with Crippen molar-refractivity contribution in [3.05, 3.63) is 51.8 Å². The van der Waals surface area contributed by atoms with Crippen molar-refractivity contribution in [3.63, 3.8) is 0 Å². The molecule has 0 unspecified atom stereocenters. The summed E-state index contributed by atoms with van der Waals surface area (Å²) < 4.78 is 1.84. The summed E-state index contributed by atoms with van der Waals surface area (Å²) in [5.74, 6) is 0. The molecule has 1 N–H and O–H groups in total. The van der Waals surface area contributed by atoms with E-state index in [2.05, 4.69) is 10.4 Å². The van der Waals surface area contributed by atoms with E-state index in [1.54, 1.807) is 18.3 Å². The first-order chi connectivity index (χ1) is 9.06. The molecule has 6 nitrogen and oxygen atoms in total. The van der Waals surface area contributed by atoms with Gasteiger partial charge in [0.05, 0.1) is 17.7 Å². The third-order valence-corrected chi connectivity index (χ3v) is 2.85. The highest BCUT2D eigenvalue weighted by Crippen LogP contribution is 2.21. The number of nitro benzene ring substituents is 1. The van der Waals surface area contributed by atoms with Crippen LogP contribution in [0, 0.1) is 24.0 Å². The first-order valence-electron chi connectivity index (χ1n) is 6.04. The Bertz CT molecular complexity index is 592. The molecular formula is C13H16N4O2. The van der Waals surface area contributed by atoms with Crippen molar-refractivity contribution in [2.45, 2.75) is 20.4 Å². The van der Waals surface area contributed by atoms with E-state index in [1.807, 2.05) is 24.7 Å². The van der Waals surface area contributed by atoms with E-state index in [0.29, 0.717) is 6.54 Å². The van der Waals surface area contributed by atoms with E-state index >= 15 is 0 Å². The molecule has 0 amide bonds. The second kappa shape index (κ2) is 5.51. The quantitative estimate of drug-likeness (QED) is 0.662. The summed E-state index contributed by atoms with van der Waals surface area (Å²) in [6.07, 6.45) is 3.76. The summed E-state index contributed by atoms with van der Waals surface area (Å²) in [4.78, 5) is 10.3. The molecule has 1 aromatic heterocycles. The molecule has 0 saturated carbocycles. The summed E-state index contributed by atoms with van der Waals surface area (Å²) in [5.41, 5.74) is 3.00. The zero-order valence-electron chi connectivity index (χ0n) is 11.0. The van der Waals surface area contributed by atoms with Crippen molar-refractivity contribution in [2.75, 3.05) is 11.9 Å². The van der Waals surface area contributed by atoms with Crippen LogP contribution in [-0.4, -0.2) is 21.2 Å². The molecule has 0 fully saturated rings. The van der Waals surface area contributed by atoms with Gasteiger partial charge in [0.25, 0.3) is 5.69 Å². The van der Waals surface area contributed by atoms with Gasteiger partial charge < -0.3 is 5.32 Å². The third kappa shape index (κ3) is 3.31. The van der Waals surface area contributed by atoms with Gasteiger partial charge in [-0.2, -0.15) is 5.10 Å². The van der Waals surface area contributed by atoms with E-state index in [4.69, 9.17) is 0 Å². The maximum Gasteiger partial charge on any atom is 0.271 e. The van der Waals surface area contributed by atoms with Gasteiger partial charge in [0, 0.05) is 30.6 Å². The Hall–Kier alpha value is -2.37. The first-order valence-corrected chi connectivity index (χ1v) is 6.04. The molecule has 0 saturated heterocycles. The molecular weight excluding hydrogens is 244 g/mol. The van der Waals surface area contributed by atoms with Gasteiger partial charge in [0.1, 0.15) is 0 Å². The Morgan fingerprint density at radius 3 is 2.84 bits per heavy atom. The van der Waals surface area contributed by atoms with E-state index in [1.165, 1.54) is 6.07 Å². The smallest absolute Gasteiger partial charge is 0.271 e. The maximum atomic E-state index is 10.7. The number of hydrogen-bond donors (Lipinski definition) is 1. The number of hydrogen-bond acceptors (Lipinski definition) is 4. The zero-order chi connectivity index (χ0) is 13.8. The molecule has 0 aliphatic heterocycles. The third-order valence-electron chi connectivity index (χ3n) is 2.85. The van der Waals surface area contributed by atoms with E-state index < -0.39 is 0 Å². The fourth-order valence-electron chi connectivity index (χ4n) is 1.81. The van der Waals surface area contributed by atoms with E-state index in [9.17, 15) is 10.1 Å². The minimum Gasteiger partial charge on any atom is -0.383 e. The molecule has 0 spiro atoms. The lowest BCUT2D eigenvalue weighted by atomic mass is 10.2. The molecule has 0 atom stereocenters. The number of rotatable bonds is 5. The van der Waals surface area contributed by atoms with Gasteiger partial charge in [0.2, 0.25) is 0 Å². The SMILES string of the molecule is Cc1cnn(CCNc2cc([N+](=O)[O-])ccc2C)c1. The summed E-state index contributed by atoms with van der Waals surface area (Å²) in [5, 5.41) is 18.1. The number of aromatic nitrogens is 2. The van der Waals surface area contributed by atoms with Gasteiger partial charge in [-0.25, -0.2) is 0 Å². The molecule has 0 radical (unpaired) electrons. The fraction of sp³-hybridized carbons (Fsp3) is 0.308. The Morgan fingerprint density at radius 2 is 2.21 bits per heavy atom. The van der Waals surface area contributed by atoms with E-state index in [-0.39, 0.29) is 10.6 Å². The van der Waals surface area contributed by atoms with Crippen LogP contribution in [0.3, 0.4) is 0 Å². The van der Waals surface area contributed by atoms with Crippen molar-refractivity contribution in [1.82, 2.24) is 9.78 Å². The number of non-ortho nitro benzene ring substituents is 1. The number of nitro groups is 1. The van der Waals surface area contributed by atoms with Crippen LogP contribution in [-0.2, 0) is 6.54 Å². The Labute approximate surface area is 111 Å². The maximum absolute atomic E-state index is 10.7. The molecule has 0 aliphatic carbocycles. The van der Waals surface area contributed by atoms with Gasteiger partial charge in [-0.05, 0) is 25.0 Å². The number of benzene rings is 1. The normalized spacial score (nSPS) is 10.4. The number of aryl methyl sites for hydroxylation is 2. The topological polar surface area (TPSA) is 73.0 Å². The fourth-order valence-corrected chi connectivity index (χ4v) is 1.81. The second-order valence-corrected chi connectivity index (χ2v) is 4.46. The summed E-state index contributed by atoms with van der Waals surface area (Å²) >= 11 is 0. The van der Waals surface area contributed by atoms with E-state index in [0.717, 1.165) is 23.4 Å². The van der Waals surface area contributed by atoms with Crippen molar-refractivity contribution in [2.24, 2.45) is 0 Å². The van der Waals surface area contributed by atoms with Crippen LogP contribution in [0.15, 0.2) is 30.6 Å². The number of nitrogens with one attached hydrogen (secondary N) is 1. The molecule has 1 heterocycles. The Kier molecular flexibility index (Phi) is 3.79. The number of anilines is 1. The van der Waals surface area contributed by atoms with Gasteiger partial charge in [-0.15, -0.1) is 0 Å². The standard InChI is InChI=1S/C13H16N4O2/c1-10-8-15-16(9-10)6-5-14-13-7-12(17(18)19)4-3-11(13)2/h3-4,7-9,14H,5-6H2,1-2H3. The first kappa shape index (κ1) is 13.1. The molecule has 6 heteroatoms. The molecule has 1 aromatic carbocycles. The van der Waals surface area contributed by atoms with Gasteiger partial charge in [0.15, 0.2) is 0 Å². The highest BCUT2D eigenvalue weighted by molar-refractivity contribution is 5.56. The molecule has 0 aliphatic rings. The molecule has 19 heavy (non-hydrogen) atoms. The summed E-state index contributed by atoms with van der Waals surface area (Å²) in [6.45, 7) is 5.30. The lowest BCUT2D eigenvalue weighted by molar-refractivity contribution is -0.384.